The molecule has 1 aromatic heterocycles. The van der Waals surface area contributed by atoms with Crippen LogP contribution in [0.15, 0.2) is 29.1 Å². The normalized spacial score (nSPS) is 18.2. The average molecular weight is 325 g/mol. The molecule has 1 aliphatic rings. The van der Waals surface area contributed by atoms with Crippen LogP contribution in [0, 0.1) is 0 Å². The Morgan fingerprint density at radius 2 is 1.95 bits per heavy atom. The molecule has 1 unspecified atom stereocenters. The number of aromatic amines is 1. The molecule has 7 heteroatoms. The van der Waals surface area contributed by atoms with Gasteiger partial charge in [-0.05, 0) is 36.6 Å². The number of hydrogen-bond donors (Lipinski definition) is 2. The van der Waals surface area contributed by atoms with Crippen molar-refractivity contribution < 1.29 is 0 Å². The van der Waals surface area contributed by atoms with Gasteiger partial charge in [-0.3, -0.25) is 9.78 Å². The lowest BCUT2D eigenvalue weighted by Gasteiger charge is -2.26. The number of anilines is 2. The van der Waals surface area contributed by atoms with Crippen molar-refractivity contribution in [3.05, 3.63) is 50.2 Å². The molecule has 0 amide bonds. The van der Waals surface area contributed by atoms with Crippen LogP contribution in [-0.4, -0.2) is 16.5 Å². The molecule has 1 aromatic carbocycles. The van der Waals surface area contributed by atoms with Gasteiger partial charge in [0, 0.05) is 22.7 Å². The van der Waals surface area contributed by atoms with Gasteiger partial charge in [0.25, 0.3) is 5.56 Å². The Morgan fingerprint density at radius 3 is 2.62 bits per heavy atom. The summed E-state index contributed by atoms with van der Waals surface area (Å²) in [6, 6.07) is 7.05. The van der Waals surface area contributed by atoms with Crippen molar-refractivity contribution in [2.75, 3.05) is 17.2 Å². The van der Waals surface area contributed by atoms with Gasteiger partial charge >= 0.3 is 0 Å². The van der Waals surface area contributed by atoms with E-state index in [2.05, 4.69) is 14.9 Å². The first-order valence-electron chi connectivity index (χ1n) is 6.62. The Hall–Kier alpha value is -1.72. The summed E-state index contributed by atoms with van der Waals surface area (Å²) in [6.07, 6.45) is 1.95. The monoisotopic (exact) mass is 324 g/mol. The molecule has 1 atom stereocenters. The molecule has 0 saturated carbocycles. The molecular formula is C14H14Cl2N4O. The van der Waals surface area contributed by atoms with Crippen molar-refractivity contribution in [3.8, 4) is 0 Å². The van der Waals surface area contributed by atoms with Gasteiger partial charge < -0.3 is 10.6 Å². The number of nitrogens with one attached hydrogen (secondary N) is 1. The molecule has 0 bridgehead atoms. The maximum atomic E-state index is 11.6. The minimum atomic E-state index is -0.257. The van der Waals surface area contributed by atoms with Crippen molar-refractivity contribution in [1.29, 1.82) is 0 Å². The van der Waals surface area contributed by atoms with E-state index < -0.39 is 0 Å². The minimum absolute atomic E-state index is 0.0925. The number of nitrogens with two attached hydrogens (primary N) is 1. The molecule has 5 nitrogen and oxygen atoms in total. The Bertz CT molecular complexity index is 711. The molecule has 1 saturated heterocycles. The first kappa shape index (κ1) is 14.2. The van der Waals surface area contributed by atoms with Crippen LogP contribution < -0.4 is 16.2 Å². The third-order valence-electron chi connectivity index (χ3n) is 3.56. The number of nitrogen functional groups attached to an aromatic ring is 1. The number of halogens is 2. The summed E-state index contributed by atoms with van der Waals surface area (Å²) >= 11 is 12.2. The van der Waals surface area contributed by atoms with Crippen molar-refractivity contribution in [2.24, 2.45) is 0 Å². The molecule has 3 N–H and O–H groups in total. The lowest BCUT2D eigenvalue weighted by Crippen LogP contribution is -2.26. The number of hydrogen-bond acceptors (Lipinski definition) is 4. The zero-order chi connectivity index (χ0) is 15.0. The zero-order valence-corrected chi connectivity index (χ0v) is 12.7. The van der Waals surface area contributed by atoms with Gasteiger partial charge in [-0.25, -0.2) is 0 Å². The summed E-state index contributed by atoms with van der Waals surface area (Å²) in [4.78, 5) is 20.3. The molecule has 1 fully saturated rings. The predicted octanol–water partition coefficient (Wildman–Crippen LogP) is 3.00. The van der Waals surface area contributed by atoms with Gasteiger partial charge in [-0.1, -0.05) is 23.2 Å². The van der Waals surface area contributed by atoms with E-state index in [4.69, 9.17) is 28.9 Å². The fraction of sp³-hybridized carbons (Fsp3) is 0.286. The smallest absolute Gasteiger partial charge is 0.254 e. The molecule has 0 spiro atoms. The fourth-order valence-corrected chi connectivity index (χ4v) is 3.31. The quantitative estimate of drug-likeness (QED) is 0.890. The van der Waals surface area contributed by atoms with E-state index in [-0.39, 0.29) is 17.5 Å². The predicted molar refractivity (Wildman–Crippen MR) is 85.1 cm³/mol. The molecule has 0 aliphatic carbocycles. The Morgan fingerprint density at radius 1 is 1.24 bits per heavy atom. The van der Waals surface area contributed by atoms with Crippen LogP contribution in [0.4, 0.5) is 11.8 Å². The number of benzene rings is 1. The molecule has 21 heavy (non-hydrogen) atoms. The molecule has 2 aromatic rings. The number of rotatable bonds is 2. The largest absolute Gasteiger partial charge is 0.369 e. The van der Waals surface area contributed by atoms with Gasteiger partial charge in [-0.15, -0.1) is 0 Å². The van der Waals surface area contributed by atoms with Crippen LogP contribution in [0.25, 0.3) is 0 Å². The van der Waals surface area contributed by atoms with Crippen molar-refractivity contribution in [2.45, 2.75) is 18.9 Å². The summed E-state index contributed by atoms with van der Waals surface area (Å²) in [7, 11) is 0. The third-order valence-corrected chi connectivity index (χ3v) is 4.00. The van der Waals surface area contributed by atoms with E-state index in [1.807, 2.05) is 12.1 Å². The Kier molecular flexibility index (Phi) is 3.78. The first-order chi connectivity index (χ1) is 10.0. The highest BCUT2D eigenvalue weighted by Crippen LogP contribution is 2.36. The number of aromatic nitrogens is 2. The maximum absolute atomic E-state index is 11.6. The van der Waals surface area contributed by atoms with Crippen LogP contribution >= 0.6 is 23.2 Å². The Labute approximate surface area is 131 Å². The van der Waals surface area contributed by atoms with Gasteiger partial charge in [0.1, 0.15) is 5.82 Å². The van der Waals surface area contributed by atoms with E-state index in [0.29, 0.717) is 15.9 Å². The number of H-pyrrole nitrogens is 1. The van der Waals surface area contributed by atoms with Crippen LogP contribution in [0.1, 0.15) is 24.4 Å². The van der Waals surface area contributed by atoms with E-state index in [9.17, 15) is 4.79 Å². The first-order valence-corrected chi connectivity index (χ1v) is 7.38. The topological polar surface area (TPSA) is 75.0 Å². The van der Waals surface area contributed by atoms with Gasteiger partial charge in [0.15, 0.2) is 0 Å². The highest BCUT2D eigenvalue weighted by molar-refractivity contribution is 6.34. The van der Waals surface area contributed by atoms with Gasteiger partial charge in [-0.2, -0.15) is 4.98 Å². The van der Waals surface area contributed by atoms with Crippen molar-refractivity contribution in [3.63, 3.8) is 0 Å². The van der Waals surface area contributed by atoms with Crippen LogP contribution in [-0.2, 0) is 0 Å². The van der Waals surface area contributed by atoms with Crippen LogP contribution in [0.5, 0.6) is 0 Å². The van der Waals surface area contributed by atoms with Crippen LogP contribution in [0.3, 0.4) is 0 Å². The molecule has 3 rings (SSSR count). The standard InChI is InChI=1S/C14H14Cl2N4O/c15-9-4-8(5-10(16)6-9)11-2-1-3-20(11)12-7-13(21)19-14(17)18-12/h4-7,11H,1-3H2,(H3,17,18,19,21). The molecule has 0 radical (unpaired) electrons. The van der Waals surface area contributed by atoms with Gasteiger partial charge in [0.05, 0.1) is 6.04 Å². The van der Waals surface area contributed by atoms with E-state index in [1.54, 1.807) is 6.07 Å². The third kappa shape index (κ3) is 2.99. The SMILES string of the molecule is Nc1nc(N2CCCC2c2cc(Cl)cc(Cl)c2)cc(=O)[nH]1. The van der Waals surface area contributed by atoms with Crippen LogP contribution in [0.2, 0.25) is 10.0 Å². The summed E-state index contributed by atoms with van der Waals surface area (Å²) in [5, 5.41) is 1.20. The zero-order valence-electron chi connectivity index (χ0n) is 11.1. The van der Waals surface area contributed by atoms with E-state index in [1.165, 1.54) is 6.07 Å². The lowest BCUT2D eigenvalue weighted by atomic mass is 10.0. The van der Waals surface area contributed by atoms with Gasteiger partial charge in [0.2, 0.25) is 5.95 Å². The molecule has 110 valence electrons. The van der Waals surface area contributed by atoms with E-state index in [0.717, 1.165) is 24.9 Å². The summed E-state index contributed by atoms with van der Waals surface area (Å²) in [5.41, 5.74) is 6.39. The molecule has 2 heterocycles. The highest BCUT2D eigenvalue weighted by Gasteiger charge is 2.28. The second-order valence-electron chi connectivity index (χ2n) is 5.04. The second kappa shape index (κ2) is 5.58. The lowest BCUT2D eigenvalue weighted by molar-refractivity contribution is 0.710. The molecular weight excluding hydrogens is 311 g/mol. The summed E-state index contributed by atoms with van der Waals surface area (Å²) in [6.45, 7) is 0.810. The summed E-state index contributed by atoms with van der Waals surface area (Å²) in [5.74, 6) is 0.696. The highest BCUT2D eigenvalue weighted by atomic mass is 35.5. The summed E-state index contributed by atoms with van der Waals surface area (Å²) < 4.78 is 0. The van der Waals surface area contributed by atoms with Crippen molar-refractivity contribution in [1.82, 2.24) is 9.97 Å². The number of nitrogens with zero attached hydrogens (tertiary/aromatic N) is 2. The maximum Gasteiger partial charge on any atom is 0.254 e. The van der Waals surface area contributed by atoms with Crippen molar-refractivity contribution >= 4 is 35.0 Å². The second-order valence-corrected chi connectivity index (χ2v) is 5.92. The van der Waals surface area contributed by atoms with E-state index >= 15 is 0 Å². The molecule has 1 aliphatic heterocycles. The Balaban J connectivity index is 2.00. The fourth-order valence-electron chi connectivity index (χ4n) is 2.77. The average Bonchev–Trinajstić information content (AvgIpc) is 2.85. The minimum Gasteiger partial charge on any atom is -0.369 e.